The minimum atomic E-state index is 0.773. The van der Waals surface area contributed by atoms with E-state index in [0.717, 1.165) is 31.1 Å². The number of anilines is 1. The quantitative estimate of drug-likeness (QED) is 0.790. The van der Waals surface area contributed by atoms with Gasteiger partial charge in [-0.3, -0.25) is 4.90 Å². The van der Waals surface area contributed by atoms with Crippen LogP contribution in [0.1, 0.15) is 17.0 Å². The average Bonchev–Trinajstić information content (AvgIpc) is 2.74. The first-order valence-electron chi connectivity index (χ1n) is 5.67. The maximum absolute atomic E-state index is 5.97. The molecule has 0 aliphatic carbocycles. The van der Waals surface area contributed by atoms with Crippen LogP contribution in [0.4, 0.5) is 5.69 Å². The van der Waals surface area contributed by atoms with Crippen LogP contribution in [-0.2, 0) is 19.6 Å². The summed E-state index contributed by atoms with van der Waals surface area (Å²) in [6, 6.07) is 7.94. The summed E-state index contributed by atoms with van der Waals surface area (Å²) in [7, 11) is 0. The highest BCUT2D eigenvalue weighted by Gasteiger charge is 2.21. The molecule has 0 radical (unpaired) electrons. The minimum absolute atomic E-state index is 0.773. The van der Waals surface area contributed by atoms with Crippen LogP contribution in [0, 0.1) is 0 Å². The number of nitrogens with two attached hydrogens (primary N) is 1. The Labute approximate surface area is 100 Å². The second-order valence-electron chi connectivity index (χ2n) is 4.30. The van der Waals surface area contributed by atoms with Gasteiger partial charge in [0, 0.05) is 31.2 Å². The van der Waals surface area contributed by atoms with Crippen molar-refractivity contribution in [2.45, 2.75) is 19.6 Å². The molecule has 0 saturated carbocycles. The zero-order valence-electron chi connectivity index (χ0n) is 9.50. The van der Waals surface area contributed by atoms with Crippen LogP contribution in [0.3, 0.4) is 0 Å². The Morgan fingerprint density at radius 1 is 1.12 bits per heavy atom. The van der Waals surface area contributed by atoms with Gasteiger partial charge in [-0.2, -0.15) is 0 Å². The van der Waals surface area contributed by atoms with E-state index < -0.39 is 0 Å². The van der Waals surface area contributed by atoms with Crippen molar-refractivity contribution in [2.24, 2.45) is 0 Å². The molecule has 0 fully saturated rings. The summed E-state index contributed by atoms with van der Waals surface area (Å²) in [5.41, 5.74) is 9.43. The number of benzene rings is 1. The Hall–Kier alpha value is -1.94. The molecular formula is C13H14N4. The summed E-state index contributed by atoms with van der Waals surface area (Å²) in [5.74, 6) is 0.860. The van der Waals surface area contributed by atoms with E-state index in [1.54, 1.807) is 12.4 Å². The third-order valence-corrected chi connectivity index (χ3v) is 3.07. The summed E-state index contributed by atoms with van der Waals surface area (Å²) in [5, 5.41) is 0. The molecule has 1 aromatic carbocycles. The van der Waals surface area contributed by atoms with Gasteiger partial charge in [-0.05, 0) is 23.3 Å². The van der Waals surface area contributed by atoms with Gasteiger partial charge in [0.2, 0.25) is 0 Å². The highest BCUT2D eigenvalue weighted by atomic mass is 15.2. The number of hydrogen-bond donors (Lipinski definition) is 1. The molecule has 0 atom stereocenters. The van der Waals surface area contributed by atoms with Crippen LogP contribution < -0.4 is 5.73 Å². The molecule has 2 N–H and O–H groups in total. The topological polar surface area (TPSA) is 55.0 Å². The standard InChI is InChI=1S/C13H14N4/c14-12-4-1-3-10-7-17(8-11(10)12)9-13-15-5-2-6-16-13/h1-6H,7-9,14H2. The predicted molar refractivity (Wildman–Crippen MR) is 65.8 cm³/mol. The number of aromatic nitrogens is 2. The first kappa shape index (κ1) is 10.2. The fourth-order valence-electron chi connectivity index (χ4n) is 2.24. The normalized spacial score (nSPS) is 14.8. The van der Waals surface area contributed by atoms with Crippen LogP contribution in [0.25, 0.3) is 0 Å². The van der Waals surface area contributed by atoms with E-state index >= 15 is 0 Å². The van der Waals surface area contributed by atoms with Crippen molar-refractivity contribution in [1.29, 1.82) is 0 Å². The molecule has 1 aromatic heterocycles. The SMILES string of the molecule is Nc1cccc2c1CN(Cc1ncccn1)C2. The molecule has 4 nitrogen and oxygen atoms in total. The third kappa shape index (κ3) is 1.99. The van der Waals surface area contributed by atoms with Gasteiger partial charge in [0.15, 0.2) is 0 Å². The predicted octanol–water partition coefficient (Wildman–Crippen LogP) is 1.57. The summed E-state index contributed by atoms with van der Waals surface area (Å²) in [4.78, 5) is 10.8. The Morgan fingerprint density at radius 2 is 1.94 bits per heavy atom. The van der Waals surface area contributed by atoms with Crippen LogP contribution in [0.15, 0.2) is 36.7 Å². The van der Waals surface area contributed by atoms with E-state index in [-0.39, 0.29) is 0 Å². The molecule has 0 bridgehead atoms. The number of fused-ring (bicyclic) bond motifs is 1. The Morgan fingerprint density at radius 3 is 2.71 bits per heavy atom. The first-order chi connectivity index (χ1) is 8.33. The zero-order valence-corrected chi connectivity index (χ0v) is 9.50. The van der Waals surface area contributed by atoms with Crippen LogP contribution in [0.5, 0.6) is 0 Å². The second kappa shape index (κ2) is 4.14. The molecule has 3 rings (SSSR count). The number of nitrogen functional groups attached to an aromatic ring is 1. The van der Waals surface area contributed by atoms with E-state index in [1.165, 1.54) is 11.1 Å². The fourth-order valence-corrected chi connectivity index (χ4v) is 2.24. The fraction of sp³-hybridized carbons (Fsp3) is 0.231. The lowest BCUT2D eigenvalue weighted by atomic mass is 10.1. The summed E-state index contributed by atoms with van der Waals surface area (Å²) in [6.45, 7) is 2.59. The maximum atomic E-state index is 5.97. The molecule has 0 saturated heterocycles. The van der Waals surface area contributed by atoms with Gasteiger partial charge in [0.1, 0.15) is 5.82 Å². The molecule has 4 heteroatoms. The second-order valence-corrected chi connectivity index (χ2v) is 4.30. The van der Waals surface area contributed by atoms with Gasteiger partial charge in [-0.15, -0.1) is 0 Å². The number of nitrogens with zero attached hydrogens (tertiary/aromatic N) is 3. The van der Waals surface area contributed by atoms with Crippen molar-refractivity contribution in [3.8, 4) is 0 Å². The number of hydrogen-bond acceptors (Lipinski definition) is 4. The van der Waals surface area contributed by atoms with Crippen LogP contribution >= 0.6 is 0 Å². The van der Waals surface area contributed by atoms with Crippen molar-refractivity contribution >= 4 is 5.69 Å². The molecule has 0 unspecified atom stereocenters. The molecule has 1 aliphatic rings. The first-order valence-corrected chi connectivity index (χ1v) is 5.67. The molecule has 1 aliphatic heterocycles. The van der Waals surface area contributed by atoms with Crippen LogP contribution in [0.2, 0.25) is 0 Å². The van der Waals surface area contributed by atoms with Gasteiger partial charge < -0.3 is 5.73 Å². The van der Waals surface area contributed by atoms with Crippen molar-refractivity contribution in [3.63, 3.8) is 0 Å². The van der Waals surface area contributed by atoms with Gasteiger partial charge >= 0.3 is 0 Å². The summed E-state index contributed by atoms with van der Waals surface area (Å²) >= 11 is 0. The largest absolute Gasteiger partial charge is 0.398 e. The van der Waals surface area contributed by atoms with Crippen molar-refractivity contribution < 1.29 is 0 Å². The molecule has 0 spiro atoms. The highest BCUT2D eigenvalue weighted by Crippen LogP contribution is 2.27. The molecule has 2 heterocycles. The van der Waals surface area contributed by atoms with Gasteiger partial charge in [-0.1, -0.05) is 12.1 Å². The molecular weight excluding hydrogens is 212 g/mol. The Bertz CT molecular complexity index is 524. The lowest BCUT2D eigenvalue weighted by molar-refractivity contribution is 0.268. The van der Waals surface area contributed by atoms with E-state index in [0.29, 0.717) is 0 Å². The van der Waals surface area contributed by atoms with Gasteiger partial charge in [0.05, 0.1) is 6.54 Å². The highest BCUT2D eigenvalue weighted by molar-refractivity contribution is 5.52. The van der Waals surface area contributed by atoms with E-state index in [9.17, 15) is 0 Å². The van der Waals surface area contributed by atoms with Crippen molar-refractivity contribution in [3.05, 3.63) is 53.6 Å². The van der Waals surface area contributed by atoms with Crippen molar-refractivity contribution in [2.75, 3.05) is 5.73 Å². The molecule has 17 heavy (non-hydrogen) atoms. The average molecular weight is 226 g/mol. The third-order valence-electron chi connectivity index (χ3n) is 3.07. The monoisotopic (exact) mass is 226 g/mol. The van der Waals surface area contributed by atoms with E-state index in [2.05, 4.69) is 20.9 Å². The molecule has 0 amide bonds. The van der Waals surface area contributed by atoms with E-state index in [1.807, 2.05) is 18.2 Å². The molecule has 86 valence electrons. The lowest BCUT2D eigenvalue weighted by Gasteiger charge is -2.12. The van der Waals surface area contributed by atoms with Gasteiger partial charge in [-0.25, -0.2) is 9.97 Å². The summed E-state index contributed by atoms with van der Waals surface area (Å²) in [6.07, 6.45) is 3.56. The summed E-state index contributed by atoms with van der Waals surface area (Å²) < 4.78 is 0. The number of rotatable bonds is 2. The van der Waals surface area contributed by atoms with E-state index in [4.69, 9.17) is 5.73 Å². The Kier molecular flexibility index (Phi) is 2.49. The lowest BCUT2D eigenvalue weighted by Crippen LogP contribution is -2.17. The molecule has 2 aromatic rings. The van der Waals surface area contributed by atoms with Crippen molar-refractivity contribution in [1.82, 2.24) is 14.9 Å². The Balaban J connectivity index is 1.77. The minimum Gasteiger partial charge on any atom is -0.398 e. The van der Waals surface area contributed by atoms with Crippen LogP contribution in [-0.4, -0.2) is 14.9 Å². The van der Waals surface area contributed by atoms with Gasteiger partial charge in [0.25, 0.3) is 0 Å². The maximum Gasteiger partial charge on any atom is 0.142 e. The smallest absolute Gasteiger partial charge is 0.142 e. The zero-order chi connectivity index (χ0) is 11.7.